The van der Waals surface area contributed by atoms with Crippen LogP contribution in [0.25, 0.3) is 0 Å². The molecule has 0 saturated carbocycles. The van der Waals surface area contributed by atoms with E-state index in [2.05, 4.69) is 0 Å². The van der Waals surface area contributed by atoms with Crippen molar-refractivity contribution in [3.05, 3.63) is 69.7 Å². The third-order valence-corrected chi connectivity index (χ3v) is 7.28. The van der Waals surface area contributed by atoms with E-state index in [-0.39, 0.29) is 31.3 Å². The Morgan fingerprint density at radius 1 is 1.03 bits per heavy atom. The largest absolute Gasteiger partial charge is 0.329 e. The molecule has 2 aromatic rings. The first-order valence-corrected chi connectivity index (χ1v) is 13.8. The zero-order valence-electron chi connectivity index (χ0n) is 20.5. The quantitative estimate of drug-likeness (QED) is 0.508. The van der Waals surface area contributed by atoms with Crippen LogP contribution in [0.2, 0.25) is 5.02 Å². The average Bonchev–Trinajstić information content (AvgIpc) is 2.70. The summed E-state index contributed by atoms with van der Waals surface area (Å²) >= 11 is 5.97. The van der Waals surface area contributed by atoms with E-state index in [0.717, 1.165) is 28.5 Å². The molecular formula is C26H31ClN2O5S. The van der Waals surface area contributed by atoms with Crippen molar-refractivity contribution in [1.82, 2.24) is 9.80 Å². The van der Waals surface area contributed by atoms with Gasteiger partial charge in [-0.1, -0.05) is 53.1 Å². The van der Waals surface area contributed by atoms with Crippen LogP contribution in [0, 0.1) is 13.8 Å². The number of aryl methyl sites for hydroxylation is 2. The van der Waals surface area contributed by atoms with E-state index in [1.807, 2.05) is 32.0 Å². The first kappa shape index (κ1) is 26.9. The van der Waals surface area contributed by atoms with Crippen LogP contribution in [0.4, 0.5) is 0 Å². The zero-order chi connectivity index (χ0) is 26.0. The highest BCUT2D eigenvalue weighted by Gasteiger charge is 2.51. The van der Waals surface area contributed by atoms with Crippen molar-refractivity contribution in [3.8, 4) is 0 Å². The van der Waals surface area contributed by atoms with Crippen molar-refractivity contribution in [1.29, 1.82) is 0 Å². The first-order chi connectivity index (χ1) is 16.3. The zero-order valence-corrected chi connectivity index (χ0v) is 22.1. The number of carbonyl (C=O) groups excluding carboxylic acids is 3. The summed E-state index contributed by atoms with van der Waals surface area (Å²) in [6.45, 7) is 5.83. The fraction of sp³-hybridized carbons (Fsp3) is 0.423. The molecule has 0 radical (unpaired) electrons. The lowest BCUT2D eigenvalue weighted by atomic mass is 9.84. The number of hydrogen-bond donors (Lipinski definition) is 0. The summed E-state index contributed by atoms with van der Waals surface area (Å²) < 4.78 is 23.2. The van der Waals surface area contributed by atoms with Crippen LogP contribution in [0.15, 0.2) is 42.5 Å². The Balaban J connectivity index is 1.81. The smallest absolute Gasteiger partial charge is 0.249 e. The van der Waals surface area contributed by atoms with Gasteiger partial charge in [0.05, 0.1) is 13.0 Å². The Morgan fingerprint density at radius 3 is 2.14 bits per heavy atom. The molecule has 1 aliphatic heterocycles. The molecule has 1 heterocycles. The van der Waals surface area contributed by atoms with Gasteiger partial charge in [0.1, 0.15) is 11.3 Å². The number of hydrogen-bond acceptors (Lipinski definition) is 5. The molecule has 1 aliphatic rings. The second-order valence-electron chi connectivity index (χ2n) is 9.64. The van der Waals surface area contributed by atoms with Gasteiger partial charge in [0.25, 0.3) is 0 Å². The summed E-state index contributed by atoms with van der Waals surface area (Å²) in [6, 6.07) is 12.8. The number of benzene rings is 2. The summed E-state index contributed by atoms with van der Waals surface area (Å²) in [5.74, 6) is -1.77. The number of nitrogens with zero attached hydrogens (tertiary/aromatic N) is 2. The monoisotopic (exact) mass is 518 g/mol. The summed E-state index contributed by atoms with van der Waals surface area (Å²) in [4.78, 5) is 42.3. The predicted octanol–water partition coefficient (Wildman–Crippen LogP) is 3.13. The second kappa shape index (κ2) is 10.5. The maximum absolute atomic E-state index is 13.7. The lowest BCUT2D eigenvalue weighted by molar-refractivity contribution is -0.164. The van der Waals surface area contributed by atoms with Gasteiger partial charge < -0.3 is 9.80 Å². The number of likely N-dealkylation sites (tertiary alicyclic amines) is 1. The van der Waals surface area contributed by atoms with Crippen molar-refractivity contribution < 1.29 is 22.8 Å². The summed E-state index contributed by atoms with van der Waals surface area (Å²) in [6.07, 6.45) is 1.62. The van der Waals surface area contributed by atoms with Gasteiger partial charge in [-0.2, -0.15) is 0 Å². The molecule has 2 aromatic carbocycles. The van der Waals surface area contributed by atoms with Gasteiger partial charge in [0.15, 0.2) is 15.6 Å². The van der Waals surface area contributed by atoms with Crippen molar-refractivity contribution in [2.45, 2.75) is 45.7 Å². The fourth-order valence-electron chi connectivity index (χ4n) is 4.52. The van der Waals surface area contributed by atoms with E-state index in [1.165, 1.54) is 4.90 Å². The van der Waals surface area contributed by atoms with Gasteiger partial charge in [0, 0.05) is 24.4 Å². The number of sulfone groups is 1. The van der Waals surface area contributed by atoms with Gasteiger partial charge in [0.2, 0.25) is 11.8 Å². The maximum atomic E-state index is 13.7. The summed E-state index contributed by atoms with van der Waals surface area (Å²) in [5.41, 5.74) is 2.65. The van der Waals surface area contributed by atoms with Gasteiger partial charge in [-0.3, -0.25) is 14.4 Å². The maximum Gasteiger partial charge on any atom is 0.249 e. The number of carbonyl (C=O) groups is 3. The fourth-order valence-corrected chi connectivity index (χ4v) is 5.33. The van der Waals surface area contributed by atoms with Gasteiger partial charge in [-0.15, -0.1) is 0 Å². The summed E-state index contributed by atoms with van der Waals surface area (Å²) in [5, 5.41) is 0.536. The Bertz CT molecular complexity index is 1220. The van der Waals surface area contributed by atoms with Crippen molar-refractivity contribution in [2.24, 2.45) is 0 Å². The number of halogens is 1. The number of rotatable bonds is 9. The standard InChI is InChI=1S/C26H31ClN2O5S/c1-18-11-19(2)13-21(12-18)14-24(31)29-10-9-26(29,3)25(32)28(16-23(30)17-35(4,33)34)15-20-5-7-22(27)8-6-20/h5-8,11-13H,9-10,14-17H2,1-4H3. The molecule has 7 nitrogen and oxygen atoms in total. The first-order valence-electron chi connectivity index (χ1n) is 11.4. The van der Waals surface area contributed by atoms with Crippen LogP contribution >= 0.6 is 11.6 Å². The van der Waals surface area contributed by atoms with Crippen LogP contribution < -0.4 is 0 Å². The minimum Gasteiger partial charge on any atom is -0.329 e. The van der Waals surface area contributed by atoms with E-state index < -0.39 is 26.9 Å². The third kappa shape index (κ3) is 6.92. The van der Waals surface area contributed by atoms with Gasteiger partial charge in [-0.25, -0.2) is 8.42 Å². The molecule has 3 rings (SSSR count). The van der Waals surface area contributed by atoms with Gasteiger partial charge >= 0.3 is 0 Å². The molecule has 188 valence electrons. The van der Waals surface area contributed by atoms with Crippen LogP contribution in [0.3, 0.4) is 0 Å². The minimum atomic E-state index is -3.54. The Labute approximate surface area is 212 Å². The molecule has 1 fully saturated rings. The molecule has 1 unspecified atom stereocenters. The molecule has 0 spiro atoms. The SMILES string of the molecule is Cc1cc(C)cc(CC(=O)N2CCC2(C)C(=O)N(CC(=O)CS(C)(=O)=O)Cc2ccc(Cl)cc2)c1. The van der Waals surface area contributed by atoms with E-state index in [1.54, 1.807) is 36.1 Å². The van der Waals surface area contributed by atoms with Gasteiger partial charge in [-0.05, 0) is 50.5 Å². The van der Waals surface area contributed by atoms with Crippen LogP contribution in [0.1, 0.15) is 35.6 Å². The Kier molecular flexibility index (Phi) is 8.07. The van der Waals surface area contributed by atoms with Crippen LogP contribution in [-0.2, 0) is 37.2 Å². The molecule has 0 aromatic heterocycles. The van der Waals surface area contributed by atoms with E-state index in [0.29, 0.717) is 18.0 Å². The molecular weight excluding hydrogens is 488 g/mol. The lowest BCUT2D eigenvalue weighted by Crippen LogP contribution is -2.68. The molecule has 0 aliphatic carbocycles. The minimum absolute atomic E-state index is 0.0974. The van der Waals surface area contributed by atoms with Crippen molar-refractivity contribution in [2.75, 3.05) is 25.1 Å². The topological polar surface area (TPSA) is 91.8 Å². The highest BCUT2D eigenvalue weighted by atomic mass is 35.5. The molecule has 35 heavy (non-hydrogen) atoms. The molecule has 0 bridgehead atoms. The number of amides is 2. The molecule has 1 saturated heterocycles. The highest BCUT2D eigenvalue weighted by Crippen LogP contribution is 2.33. The normalized spacial score (nSPS) is 17.6. The Hall–Kier alpha value is -2.71. The second-order valence-corrected chi connectivity index (χ2v) is 12.2. The predicted molar refractivity (Wildman–Crippen MR) is 136 cm³/mol. The van der Waals surface area contributed by atoms with E-state index >= 15 is 0 Å². The van der Waals surface area contributed by atoms with Crippen LogP contribution in [-0.4, -0.2) is 66.5 Å². The highest BCUT2D eigenvalue weighted by molar-refractivity contribution is 7.91. The van der Waals surface area contributed by atoms with Crippen molar-refractivity contribution >= 4 is 39.0 Å². The van der Waals surface area contributed by atoms with E-state index in [9.17, 15) is 22.8 Å². The lowest BCUT2D eigenvalue weighted by Gasteiger charge is -2.51. The number of ketones is 1. The van der Waals surface area contributed by atoms with E-state index in [4.69, 9.17) is 11.6 Å². The summed E-state index contributed by atoms with van der Waals surface area (Å²) in [7, 11) is -3.54. The average molecular weight is 519 g/mol. The van der Waals surface area contributed by atoms with Crippen molar-refractivity contribution in [3.63, 3.8) is 0 Å². The number of Topliss-reactive ketones (excluding diaryl/α,β-unsaturated/α-hetero) is 1. The molecule has 2 amide bonds. The van der Waals surface area contributed by atoms with Crippen LogP contribution in [0.5, 0.6) is 0 Å². The third-order valence-electron chi connectivity index (χ3n) is 6.18. The molecule has 9 heteroatoms. The molecule has 1 atom stereocenters. The Morgan fingerprint density at radius 2 is 1.63 bits per heavy atom. The molecule has 0 N–H and O–H groups in total.